The van der Waals surface area contributed by atoms with Crippen molar-refractivity contribution < 1.29 is 19.4 Å². The molecule has 0 unspecified atom stereocenters. The first-order valence-corrected chi connectivity index (χ1v) is 8.04. The Morgan fingerprint density at radius 1 is 1.00 bits per heavy atom. The smallest absolute Gasteiger partial charge is 0.339 e. The number of hydrogen-bond donors (Lipinski definition) is 1. The zero-order valence-electron chi connectivity index (χ0n) is 12.5. The van der Waals surface area contributed by atoms with E-state index in [2.05, 4.69) is 15.9 Å². The highest BCUT2D eigenvalue weighted by Crippen LogP contribution is 2.24. The highest BCUT2D eigenvalue weighted by atomic mass is 79.9. The molecule has 4 nitrogen and oxygen atoms in total. The second-order valence-electron chi connectivity index (χ2n) is 5.23. The fourth-order valence-corrected chi connectivity index (χ4v) is 2.88. The average Bonchev–Trinajstić information content (AvgIpc) is 2.56. The van der Waals surface area contributed by atoms with Crippen LogP contribution in [0.5, 0.6) is 5.75 Å². The lowest BCUT2D eigenvalue weighted by molar-refractivity contribution is -0.133. The molecule has 0 bridgehead atoms. The second-order valence-corrected chi connectivity index (χ2v) is 6.15. The van der Waals surface area contributed by atoms with Crippen LogP contribution in [-0.2, 0) is 11.2 Å². The molecule has 3 aromatic carbocycles. The van der Waals surface area contributed by atoms with E-state index in [4.69, 9.17) is 4.74 Å². The molecule has 0 aliphatic rings. The van der Waals surface area contributed by atoms with Crippen LogP contribution in [0.25, 0.3) is 10.8 Å². The number of carboxylic acids is 1. The van der Waals surface area contributed by atoms with Crippen molar-refractivity contribution in [1.29, 1.82) is 0 Å². The van der Waals surface area contributed by atoms with Crippen molar-refractivity contribution in [2.45, 2.75) is 6.42 Å². The third-order valence-corrected chi connectivity index (χ3v) is 4.10. The Morgan fingerprint density at radius 2 is 1.75 bits per heavy atom. The van der Waals surface area contributed by atoms with Gasteiger partial charge in [0.05, 0.1) is 6.42 Å². The molecule has 1 N–H and O–H groups in total. The molecule has 0 heterocycles. The van der Waals surface area contributed by atoms with Gasteiger partial charge in [-0.25, -0.2) is 4.79 Å². The minimum absolute atomic E-state index is 0.0379. The van der Waals surface area contributed by atoms with Gasteiger partial charge in [-0.05, 0) is 34.5 Å². The van der Waals surface area contributed by atoms with Crippen LogP contribution in [0.1, 0.15) is 15.9 Å². The molecule has 0 aromatic heterocycles. The maximum atomic E-state index is 12.3. The van der Waals surface area contributed by atoms with E-state index in [9.17, 15) is 14.7 Å². The Kier molecular flexibility index (Phi) is 4.62. The highest BCUT2D eigenvalue weighted by Gasteiger charge is 2.16. The van der Waals surface area contributed by atoms with E-state index < -0.39 is 11.9 Å². The second kappa shape index (κ2) is 6.84. The molecule has 0 amide bonds. The summed E-state index contributed by atoms with van der Waals surface area (Å²) in [6.45, 7) is 0. The van der Waals surface area contributed by atoms with E-state index in [0.717, 1.165) is 16.3 Å². The van der Waals surface area contributed by atoms with Gasteiger partial charge in [-0.2, -0.15) is 0 Å². The molecule has 3 aromatic rings. The van der Waals surface area contributed by atoms with Crippen LogP contribution in [0, 0.1) is 0 Å². The van der Waals surface area contributed by atoms with Crippen molar-refractivity contribution in [3.8, 4) is 5.75 Å². The number of aromatic carboxylic acids is 1. The number of carboxylic acid groups (broad SMARTS) is 1. The van der Waals surface area contributed by atoms with Crippen molar-refractivity contribution in [3.63, 3.8) is 0 Å². The van der Waals surface area contributed by atoms with Gasteiger partial charge in [0.2, 0.25) is 0 Å². The van der Waals surface area contributed by atoms with Crippen molar-refractivity contribution in [3.05, 3.63) is 76.3 Å². The minimum atomic E-state index is -1.15. The van der Waals surface area contributed by atoms with E-state index >= 15 is 0 Å². The lowest BCUT2D eigenvalue weighted by Gasteiger charge is -2.09. The summed E-state index contributed by atoms with van der Waals surface area (Å²) in [6.07, 6.45) is 0.0659. The van der Waals surface area contributed by atoms with Gasteiger partial charge < -0.3 is 9.84 Å². The predicted molar refractivity (Wildman–Crippen MR) is 94.4 cm³/mol. The van der Waals surface area contributed by atoms with Gasteiger partial charge in [-0.15, -0.1) is 0 Å². The molecule has 0 spiro atoms. The first-order valence-electron chi connectivity index (χ1n) is 7.25. The van der Waals surface area contributed by atoms with Crippen LogP contribution >= 0.6 is 15.9 Å². The maximum Gasteiger partial charge on any atom is 0.339 e. The Balaban J connectivity index is 1.85. The Morgan fingerprint density at radius 3 is 2.54 bits per heavy atom. The van der Waals surface area contributed by atoms with Gasteiger partial charge in [0.25, 0.3) is 0 Å². The van der Waals surface area contributed by atoms with Gasteiger partial charge in [0.1, 0.15) is 11.3 Å². The lowest BCUT2D eigenvalue weighted by Crippen LogP contribution is -2.14. The van der Waals surface area contributed by atoms with Crippen molar-refractivity contribution in [1.82, 2.24) is 0 Å². The van der Waals surface area contributed by atoms with Gasteiger partial charge in [-0.1, -0.05) is 58.4 Å². The summed E-state index contributed by atoms with van der Waals surface area (Å²) in [5.41, 5.74) is 0.780. The molecule has 120 valence electrons. The molecular formula is C19H13BrO4. The first-order chi connectivity index (χ1) is 11.5. The van der Waals surface area contributed by atoms with E-state index in [-0.39, 0.29) is 17.7 Å². The van der Waals surface area contributed by atoms with Crippen LogP contribution in [-0.4, -0.2) is 17.0 Å². The summed E-state index contributed by atoms with van der Waals surface area (Å²) in [4.78, 5) is 23.5. The first kappa shape index (κ1) is 16.2. The molecule has 0 saturated heterocycles. The van der Waals surface area contributed by atoms with Crippen LogP contribution in [0.15, 0.2) is 65.1 Å². The highest BCUT2D eigenvalue weighted by molar-refractivity contribution is 9.10. The number of fused-ring (bicyclic) bond motifs is 1. The van der Waals surface area contributed by atoms with Gasteiger partial charge >= 0.3 is 11.9 Å². The molecule has 0 aliphatic heterocycles. The molecule has 0 radical (unpaired) electrons. The number of halogens is 1. The SMILES string of the molecule is O=C(Cc1cccc2ccccc12)Oc1ccc(Br)cc1C(=O)O. The molecule has 0 aliphatic carbocycles. The normalized spacial score (nSPS) is 10.5. The van der Waals surface area contributed by atoms with Crippen molar-refractivity contribution >= 4 is 38.6 Å². The van der Waals surface area contributed by atoms with Crippen molar-refractivity contribution in [2.24, 2.45) is 0 Å². The van der Waals surface area contributed by atoms with Crippen LogP contribution in [0.3, 0.4) is 0 Å². The number of ether oxygens (including phenoxy) is 1. The standard InChI is InChI=1S/C19H13BrO4/c20-14-8-9-17(16(11-14)19(22)23)24-18(21)10-13-6-3-5-12-4-1-2-7-15(12)13/h1-9,11H,10H2,(H,22,23). The van der Waals surface area contributed by atoms with Gasteiger partial charge in [-0.3, -0.25) is 4.79 Å². The summed E-state index contributed by atoms with van der Waals surface area (Å²) >= 11 is 3.21. The van der Waals surface area contributed by atoms with Gasteiger partial charge in [0, 0.05) is 4.47 Å². The summed E-state index contributed by atoms with van der Waals surface area (Å²) in [5, 5.41) is 11.2. The van der Waals surface area contributed by atoms with Gasteiger partial charge in [0.15, 0.2) is 0 Å². The molecular weight excluding hydrogens is 372 g/mol. The zero-order chi connectivity index (χ0) is 17.1. The molecule has 0 atom stereocenters. The van der Waals surface area contributed by atoms with Crippen LogP contribution < -0.4 is 4.74 Å². The molecule has 24 heavy (non-hydrogen) atoms. The van der Waals surface area contributed by atoms with Crippen molar-refractivity contribution in [2.75, 3.05) is 0 Å². The van der Waals surface area contributed by atoms with Crippen LogP contribution in [0.4, 0.5) is 0 Å². The number of benzene rings is 3. The fraction of sp³-hybridized carbons (Fsp3) is 0.0526. The Labute approximate surface area is 146 Å². The molecule has 3 rings (SSSR count). The topological polar surface area (TPSA) is 63.6 Å². The largest absolute Gasteiger partial charge is 0.478 e. The quantitative estimate of drug-likeness (QED) is 0.533. The van der Waals surface area contributed by atoms with E-state index in [1.165, 1.54) is 12.1 Å². The number of carbonyl (C=O) groups is 2. The number of rotatable bonds is 4. The average molecular weight is 385 g/mol. The summed E-state index contributed by atoms with van der Waals surface area (Å²) in [5.74, 6) is -1.61. The molecule has 5 heteroatoms. The molecule has 0 fully saturated rings. The number of carbonyl (C=O) groups excluding carboxylic acids is 1. The van der Waals surface area contributed by atoms with E-state index in [1.807, 2.05) is 42.5 Å². The maximum absolute atomic E-state index is 12.3. The molecule has 0 saturated carbocycles. The summed E-state index contributed by atoms with van der Waals surface area (Å²) in [6, 6.07) is 18.0. The van der Waals surface area contributed by atoms with Crippen LogP contribution in [0.2, 0.25) is 0 Å². The Bertz CT molecular complexity index is 928. The monoisotopic (exact) mass is 384 g/mol. The summed E-state index contributed by atoms with van der Waals surface area (Å²) in [7, 11) is 0. The van der Waals surface area contributed by atoms with E-state index in [1.54, 1.807) is 6.07 Å². The lowest BCUT2D eigenvalue weighted by atomic mass is 10.0. The predicted octanol–water partition coefficient (Wildman–Crippen LogP) is 4.45. The Hall–Kier alpha value is -2.66. The summed E-state index contributed by atoms with van der Waals surface area (Å²) < 4.78 is 5.88. The fourth-order valence-electron chi connectivity index (χ4n) is 2.52. The third-order valence-electron chi connectivity index (χ3n) is 3.61. The number of hydrogen-bond acceptors (Lipinski definition) is 3. The van der Waals surface area contributed by atoms with E-state index in [0.29, 0.717) is 4.47 Å². The third kappa shape index (κ3) is 3.46. The zero-order valence-corrected chi connectivity index (χ0v) is 14.1. The minimum Gasteiger partial charge on any atom is -0.478 e. The number of esters is 1.